The van der Waals surface area contributed by atoms with Crippen molar-refractivity contribution in [2.75, 3.05) is 25.4 Å². The summed E-state index contributed by atoms with van der Waals surface area (Å²) in [6.45, 7) is 5.97. The van der Waals surface area contributed by atoms with Crippen LogP contribution in [0.15, 0.2) is 29.2 Å². The molecule has 0 saturated carbocycles. The fraction of sp³-hybridized carbons (Fsp3) is 0.588. The summed E-state index contributed by atoms with van der Waals surface area (Å²) in [6, 6.07) is 7.26. The standard InChI is InChI=1S/C17H26N2O3S/c1-14-6-3-8-17(12-14)23(21,22)11-5-10-19-9-4-7-16(13-19)18-15(2)20/h3,6,8,12,16H,4-5,7,9-11,13H2,1-2H3,(H,18,20)/t16-/m0/s1. The van der Waals surface area contributed by atoms with Crippen molar-refractivity contribution < 1.29 is 13.2 Å². The molecule has 1 aromatic carbocycles. The van der Waals surface area contributed by atoms with Crippen molar-refractivity contribution in [1.82, 2.24) is 10.2 Å². The number of nitrogens with one attached hydrogen (secondary N) is 1. The zero-order valence-corrected chi connectivity index (χ0v) is 14.7. The Hall–Kier alpha value is -1.40. The molecule has 1 atom stereocenters. The van der Waals surface area contributed by atoms with E-state index in [4.69, 9.17) is 0 Å². The van der Waals surface area contributed by atoms with Crippen molar-refractivity contribution in [2.45, 2.75) is 44.0 Å². The third kappa shape index (κ3) is 5.62. The lowest BCUT2D eigenvalue weighted by molar-refractivity contribution is -0.120. The summed E-state index contributed by atoms with van der Waals surface area (Å²) in [7, 11) is -3.21. The van der Waals surface area contributed by atoms with Gasteiger partial charge in [0.2, 0.25) is 5.91 Å². The molecule has 6 heteroatoms. The molecule has 1 aromatic rings. The molecular formula is C17H26N2O3S. The highest BCUT2D eigenvalue weighted by Gasteiger charge is 2.21. The Kier molecular flexibility index (Phi) is 6.18. The van der Waals surface area contributed by atoms with Crippen LogP contribution in [0.25, 0.3) is 0 Å². The zero-order chi connectivity index (χ0) is 16.9. The van der Waals surface area contributed by atoms with Crippen molar-refractivity contribution in [3.05, 3.63) is 29.8 Å². The van der Waals surface area contributed by atoms with Gasteiger partial charge in [0.1, 0.15) is 0 Å². The lowest BCUT2D eigenvalue weighted by Crippen LogP contribution is -2.47. The lowest BCUT2D eigenvalue weighted by Gasteiger charge is -2.32. The van der Waals surface area contributed by atoms with Crippen LogP contribution < -0.4 is 5.32 Å². The largest absolute Gasteiger partial charge is 0.352 e. The number of rotatable bonds is 6. The second-order valence-corrected chi connectivity index (χ2v) is 8.44. The topological polar surface area (TPSA) is 66.5 Å². The Balaban J connectivity index is 1.83. The summed E-state index contributed by atoms with van der Waals surface area (Å²) in [5.74, 6) is 0.163. The number of benzene rings is 1. The van der Waals surface area contributed by atoms with Crippen molar-refractivity contribution in [3.63, 3.8) is 0 Å². The van der Waals surface area contributed by atoms with Crippen molar-refractivity contribution in [3.8, 4) is 0 Å². The van der Waals surface area contributed by atoms with E-state index in [9.17, 15) is 13.2 Å². The first kappa shape index (κ1) is 17.9. The van der Waals surface area contributed by atoms with Gasteiger partial charge in [-0.25, -0.2) is 8.42 Å². The minimum Gasteiger partial charge on any atom is -0.352 e. The van der Waals surface area contributed by atoms with Gasteiger partial charge < -0.3 is 10.2 Å². The van der Waals surface area contributed by atoms with E-state index in [1.807, 2.05) is 13.0 Å². The van der Waals surface area contributed by atoms with E-state index in [0.29, 0.717) is 11.3 Å². The van der Waals surface area contributed by atoms with Gasteiger partial charge in [-0.1, -0.05) is 12.1 Å². The summed E-state index contributed by atoms with van der Waals surface area (Å²) in [5.41, 5.74) is 0.959. The molecule has 0 aromatic heterocycles. The minimum absolute atomic E-state index is 0.00104. The Labute approximate surface area is 139 Å². The summed E-state index contributed by atoms with van der Waals surface area (Å²) in [5, 5.41) is 2.95. The molecule has 1 heterocycles. The van der Waals surface area contributed by atoms with Gasteiger partial charge in [-0.3, -0.25) is 4.79 Å². The van der Waals surface area contributed by atoms with Crippen LogP contribution in [0.1, 0.15) is 31.7 Å². The van der Waals surface area contributed by atoms with Crippen LogP contribution in [0.3, 0.4) is 0 Å². The van der Waals surface area contributed by atoms with E-state index in [1.165, 1.54) is 6.92 Å². The SMILES string of the molecule is CC(=O)N[C@H]1CCCN(CCCS(=O)(=O)c2cccc(C)c2)C1. The van der Waals surface area contributed by atoms with Gasteiger partial charge in [-0.05, 0) is 57.0 Å². The molecule has 0 aliphatic carbocycles. The minimum atomic E-state index is -3.21. The maximum absolute atomic E-state index is 12.4. The van der Waals surface area contributed by atoms with Crippen molar-refractivity contribution >= 4 is 15.7 Å². The zero-order valence-electron chi connectivity index (χ0n) is 13.9. The maximum Gasteiger partial charge on any atom is 0.217 e. The average Bonchev–Trinajstić information content (AvgIpc) is 2.47. The van der Waals surface area contributed by atoms with Crippen LogP contribution >= 0.6 is 0 Å². The van der Waals surface area contributed by atoms with Crippen molar-refractivity contribution in [2.24, 2.45) is 0 Å². The van der Waals surface area contributed by atoms with Crippen LogP contribution in [0.2, 0.25) is 0 Å². The van der Waals surface area contributed by atoms with E-state index in [-0.39, 0.29) is 17.7 Å². The number of sulfone groups is 1. The third-order valence-electron chi connectivity index (χ3n) is 4.15. The number of hydrogen-bond donors (Lipinski definition) is 1. The number of carbonyl (C=O) groups excluding carboxylic acids is 1. The highest BCUT2D eigenvalue weighted by atomic mass is 32.2. The molecule has 1 N–H and O–H groups in total. The molecule has 1 amide bonds. The number of amides is 1. The molecule has 0 spiro atoms. The molecule has 1 aliphatic heterocycles. The number of nitrogens with zero attached hydrogens (tertiary/aromatic N) is 1. The molecular weight excluding hydrogens is 312 g/mol. The van der Waals surface area contributed by atoms with E-state index in [1.54, 1.807) is 18.2 Å². The van der Waals surface area contributed by atoms with Gasteiger partial charge in [0.25, 0.3) is 0 Å². The molecule has 0 bridgehead atoms. The van der Waals surface area contributed by atoms with Gasteiger partial charge in [-0.15, -0.1) is 0 Å². The molecule has 0 radical (unpaired) electrons. The van der Waals surface area contributed by atoms with Crippen LogP contribution in [0.4, 0.5) is 0 Å². The Morgan fingerprint density at radius 2 is 2.17 bits per heavy atom. The predicted molar refractivity (Wildman–Crippen MR) is 91.1 cm³/mol. The van der Waals surface area contributed by atoms with Crippen molar-refractivity contribution in [1.29, 1.82) is 0 Å². The fourth-order valence-electron chi connectivity index (χ4n) is 3.07. The van der Waals surface area contributed by atoms with E-state index >= 15 is 0 Å². The first-order valence-corrected chi connectivity index (χ1v) is 9.81. The van der Waals surface area contributed by atoms with E-state index < -0.39 is 9.84 Å². The molecule has 1 aliphatic rings. The van der Waals surface area contributed by atoms with Gasteiger partial charge in [0.15, 0.2) is 9.84 Å². The molecule has 128 valence electrons. The average molecular weight is 338 g/mol. The first-order valence-electron chi connectivity index (χ1n) is 8.16. The molecule has 0 unspecified atom stereocenters. The molecule has 2 rings (SSSR count). The molecule has 1 saturated heterocycles. The molecule has 23 heavy (non-hydrogen) atoms. The summed E-state index contributed by atoms with van der Waals surface area (Å²) in [6.07, 6.45) is 2.65. The fourth-order valence-corrected chi connectivity index (χ4v) is 4.46. The number of piperidine rings is 1. The Bertz CT molecular complexity index is 643. The van der Waals surface area contributed by atoms with Gasteiger partial charge >= 0.3 is 0 Å². The maximum atomic E-state index is 12.4. The predicted octanol–water partition coefficient (Wildman–Crippen LogP) is 1.76. The van der Waals surface area contributed by atoms with E-state index in [0.717, 1.165) is 38.0 Å². The van der Waals surface area contributed by atoms with Gasteiger partial charge in [0, 0.05) is 19.5 Å². The summed E-state index contributed by atoms with van der Waals surface area (Å²) < 4.78 is 24.7. The second kappa shape index (κ2) is 7.93. The molecule has 1 fully saturated rings. The monoisotopic (exact) mass is 338 g/mol. The van der Waals surface area contributed by atoms with Gasteiger partial charge in [0.05, 0.1) is 10.6 Å². The first-order chi connectivity index (χ1) is 10.9. The Morgan fingerprint density at radius 3 is 2.87 bits per heavy atom. The Morgan fingerprint density at radius 1 is 1.39 bits per heavy atom. The van der Waals surface area contributed by atoms with Crippen LogP contribution in [-0.4, -0.2) is 50.7 Å². The van der Waals surface area contributed by atoms with Crippen LogP contribution in [-0.2, 0) is 14.6 Å². The number of carbonyl (C=O) groups is 1. The summed E-state index contributed by atoms with van der Waals surface area (Å²) in [4.78, 5) is 13.8. The van der Waals surface area contributed by atoms with Gasteiger partial charge in [-0.2, -0.15) is 0 Å². The smallest absolute Gasteiger partial charge is 0.217 e. The van der Waals surface area contributed by atoms with Crippen LogP contribution in [0, 0.1) is 6.92 Å². The number of aryl methyl sites for hydroxylation is 1. The van der Waals surface area contributed by atoms with Crippen LogP contribution in [0.5, 0.6) is 0 Å². The highest BCUT2D eigenvalue weighted by molar-refractivity contribution is 7.91. The quantitative estimate of drug-likeness (QED) is 0.858. The number of hydrogen-bond acceptors (Lipinski definition) is 4. The third-order valence-corrected chi connectivity index (χ3v) is 5.95. The molecule has 5 nitrogen and oxygen atoms in total. The van der Waals surface area contributed by atoms with E-state index in [2.05, 4.69) is 10.2 Å². The highest BCUT2D eigenvalue weighted by Crippen LogP contribution is 2.15. The lowest BCUT2D eigenvalue weighted by atomic mass is 10.1. The normalized spacial score (nSPS) is 19.5. The second-order valence-electron chi connectivity index (χ2n) is 6.33. The number of likely N-dealkylation sites (tertiary alicyclic amines) is 1. The summed E-state index contributed by atoms with van der Waals surface area (Å²) >= 11 is 0.